The summed E-state index contributed by atoms with van der Waals surface area (Å²) >= 11 is 3.90. The molecule has 0 N–H and O–H groups in total. The van der Waals surface area contributed by atoms with Crippen molar-refractivity contribution in [3.63, 3.8) is 0 Å². The predicted octanol–water partition coefficient (Wildman–Crippen LogP) is 15.2. The van der Waals surface area contributed by atoms with Crippen LogP contribution in [0.5, 0.6) is 0 Å². The monoisotopic (exact) mass is 818 g/mol. The quantitative estimate of drug-likeness (QED) is 0.163. The van der Waals surface area contributed by atoms with E-state index < -0.39 is 0 Å². The van der Waals surface area contributed by atoms with Gasteiger partial charge >= 0.3 is 0 Å². The molecule has 0 radical (unpaired) electrons. The molecule has 0 saturated carbocycles. The van der Waals surface area contributed by atoms with Crippen LogP contribution in [0.1, 0.15) is 0 Å². The first-order chi connectivity index (χ1) is 29.3. The summed E-state index contributed by atoms with van der Waals surface area (Å²) in [6.07, 6.45) is 0. The molecule has 0 amide bonds. The van der Waals surface area contributed by atoms with Crippen LogP contribution in [-0.2, 0) is 0 Å². The van der Waals surface area contributed by atoms with Crippen LogP contribution in [0.4, 0.5) is 17.1 Å². The van der Waals surface area contributed by atoms with Crippen molar-refractivity contribution < 1.29 is 0 Å². The lowest BCUT2D eigenvalue weighted by Gasteiger charge is -2.27. The van der Waals surface area contributed by atoms with Crippen molar-refractivity contribution in [2.45, 2.75) is 0 Å². The van der Waals surface area contributed by atoms with Gasteiger partial charge in [-0.15, -0.1) is 0 Å². The van der Waals surface area contributed by atoms with E-state index in [4.69, 9.17) is 0 Å². The van der Waals surface area contributed by atoms with Crippen molar-refractivity contribution in [2.24, 2.45) is 0 Å². The molecule has 0 spiro atoms. The number of para-hydroxylation sites is 7. The molecule has 0 fully saturated rings. The fourth-order valence-corrected chi connectivity index (χ4v) is 9.98. The fourth-order valence-electron chi connectivity index (χ4n) is 9.52. The van der Waals surface area contributed by atoms with Gasteiger partial charge in [0.2, 0.25) is 0 Å². The molecular formula is C54H35BrN4. The molecule has 0 unspecified atom stereocenters. The molecule has 12 rings (SSSR count). The SMILES string of the molecule is Brc1ccccc1N(c1ccccc1)c1cccc(-n2c3ccccc3c3c4c(c5ccccc5n4-c4ccccc4)c4c(c5ccccc5n4-c4ccccc4)c32)c1. The Morgan fingerprint density at radius 1 is 0.322 bits per heavy atom. The van der Waals surface area contributed by atoms with Gasteiger partial charge in [0.1, 0.15) is 0 Å². The second kappa shape index (κ2) is 13.4. The third kappa shape index (κ3) is 5.01. The Hall–Kier alpha value is -7.34. The summed E-state index contributed by atoms with van der Waals surface area (Å²) in [6.45, 7) is 0. The molecule has 4 nitrogen and oxygen atoms in total. The standard InChI is InChI=1S/C54H35BrN4/c55-44-30-13-17-34-48(44)56(36-19-4-1-5-20-36)39-25-18-26-40(35-39)59-47-33-16-12-29-43(47)51-53-49(41-27-10-14-31-45(41)57(53)37-21-6-2-7-22-37)52-50(54(51)59)42-28-11-15-32-46(42)58(52)38-23-8-3-9-24-38/h1-35H. The van der Waals surface area contributed by atoms with Gasteiger partial charge < -0.3 is 18.6 Å². The van der Waals surface area contributed by atoms with Crippen molar-refractivity contribution in [3.05, 3.63) is 217 Å². The number of fused-ring (bicyclic) bond motifs is 12. The highest BCUT2D eigenvalue weighted by Gasteiger charge is 2.29. The molecule has 12 aromatic rings. The Labute approximate surface area is 349 Å². The molecule has 0 aliphatic carbocycles. The minimum Gasteiger partial charge on any atom is -0.309 e. The van der Waals surface area contributed by atoms with Crippen LogP contribution in [0.25, 0.3) is 82.5 Å². The van der Waals surface area contributed by atoms with Crippen LogP contribution in [0.15, 0.2) is 217 Å². The summed E-state index contributed by atoms with van der Waals surface area (Å²) in [5, 5.41) is 7.36. The number of anilines is 3. The van der Waals surface area contributed by atoms with E-state index in [2.05, 4.69) is 247 Å². The number of rotatable bonds is 6. The fraction of sp³-hybridized carbons (Fsp3) is 0. The lowest BCUT2D eigenvalue weighted by Crippen LogP contribution is -2.11. The summed E-state index contributed by atoms with van der Waals surface area (Å²) in [4.78, 5) is 2.34. The molecule has 59 heavy (non-hydrogen) atoms. The van der Waals surface area contributed by atoms with E-state index in [1.165, 1.54) is 59.9 Å². The van der Waals surface area contributed by atoms with Gasteiger partial charge in [0.05, 0.1) is 38.8 Å². The minimum absolute atomic E-state index is 1.03. The number of hydrogen-bond donors (Lipinski definition) is 0. The van der Waals surface area contributed by atoms with Gasteiger partial charge in [-0.05, 0) is 101 Å². The van der Waals surface area contributed by atoms with Crippen molar-refractivity contribution in [3.8, 4) is 17.1 Å². The number of aromatic nitrogens is 3. The molecule has 0 saturated heterocycles. The average Bonchev–Trinajstić information content (AvgIpc) is 3.94. The van der Waals surface area contributed by atoms with E-state index in [9.17, 15) is 0 Å². The zero-order valence-corrected chi connectivity index (χ0v) is 33.5. The third-order valence-corrected chi connectivity index (χ3v) is 12.5. The topological polar surface area (TPSA) is 18.0 Å². The van der Waals surface area contributed by atoms with Crippen molar-refractivity contribution in [1.29, 1.82) is 0 Å². The number of hydrogen-bond acceptors (Lipinski definition) is 1. The van der Waals surface area contributed by atoms with Gasteiger partial charge in [0, 0.05) is 65.2 Å². The van der Waals surface area contributed by atoms with Gasteiger partial charge in [-0.2, -0.15) is 0 Å². The molecule has 0 bridgehead atoms. The predicted molar refractivity (Wildman–Crippen MR) is 252 cm³/mol. The summed E-state index contributed by atoms with van der Waals surface area (Å²) in [6, 6.07) is 76.6. The molecule has 3 aromatic heterocycles. The van der Waals surface area contributed by atoms with Crippen LogP contribution < -0.4 is 4.90 Å². The van der Waals surface area contributed by atoms with E-state index in [1.54, 1.807) is 0 Å². The zero-order valence-electron chi connectivity index (χ0n) is 31.9. The van der Waals surface area contributed by atoms with Gasteiger partial charge in [-0.3, -0.25) is 0 Å². The molecular weight excluding hydrogens is 785 g/mol. The largest absolute Gasteiger partial charge is 0.309 e. The van der Waals surface area contributed by atoms with E-state index in [1.807, 2.05) is 0 Å². The van der Waals surface area contributed by atoms with Crippen LogP contribution in [-0.4, -0.2) is 13.7 Å². The first-order valence-electron chi connectivity index (χ1n) is 20.0. The Morgan fingerprint density at radius 3 is 1.19 bits per heavy atom. The zero-order chi connectivity index (χ0) is 39.0. The smallest absolute Gasteiger partial charge is 0.0663 e. The summed E-state index contributed by atoms with van der Waals surface area (Å²) in [5.74, 6) is 0. The van der Waals surface area contributed by atoms with Crippen LogP contribution in [0, 0.1) is 0 Å². The number of benzene rings is 9. The van der Waals surface area contributed by atoms with E-state index in [0.29, 0.717) is 0 Å². The van der Waals surface area contributed by atoms with Crippen LogP contribution in [0.3, 0.4) is 0 Å². The first-order valence-corrected chi connectivity index (χ1v) is 20.8. The molecule has 0 aliphatic heterocycles. The second-order valence-corrected chi connectivity index (χ2v) is 15.9. The summed E-state index contributed by atoms with van der Waals surface area (Å²) in [5.41, 5.74) is 13.7. The maximum Gasteiger partial charge on any atom is 0.0663 e. The highest BCUT2D eigenvalue weighted by atomic mass is 79.9. The number of nitrogens with zero attached hydrogens (tertiary/aromatic N) is 4. The maximum atomic E-state index is 3.90. The first kappa shape index (κ1) is 33.8. The van der Waals surface area contributed by atoms with E-state index >= 15 is 0 Å². The Balaban J connectivity index is 1.31. The molecule has 0 aliphatic rings. The van der Waals surface area contributed by atoms with Gasteiger partial charge in [0.25, 0.3) is 0 Å². The molecule has 5 heteroatoms. The molecule has 9 aromatic carbocycles. The molecule has 278 valence electrons. The third-order valence-electron chi connectivity index (χ3n) is 11.8. The molecule has 3 heterocycles. The number of halogens is 1. The second-order valence-electron chi connectivity index (χ2n) is 15.0. The lowest BCUT2D eigenvalue weighted by molar-refractivity contribution is 1.17. The van der Waals surface area contributed by atoms with E-state index in [0.717, 1.165) is 44.1 Å². The molecule has 0 atom stereocenters. The van der Waals surface area contributed by atoms with Crippen molar-refractivity contribution in [1.82, 2.24) is 13.7 Å². The highest BCUT2D eigenvalue weighted by Crippen LogP contribution is 2.50. The Kier molecular flexibility index (Phi) is 7.65. The maximum absolute atomic E-state index is 3.90. The Bertz CT molecular complexity index is 3490. The summed E-state index contributed by atoms with van der Waals surface area (Å²) in [7, 11) is 0. The highest BCUT2D eigenvalue weighted by molar-refractivity contribution is 9.10. The van der Waals surface area contributed by atoms with Gasteiger partial charge in [-0.25, -0.2) is 0 Å². The lowest BCUT2D eigenvalue weighted by atomic mass is 10.0. The minimum atomic E-state index is 1.03. The van der Waals surface area contributed by atoms with Crippen molar-refractivity contribution in [2.75, 3.05) is 4.90 Å². The van der Waals surface area contributed by atoms with Crippen molar-refractivity contribution >= 4 is 98.4 Å². The van der Waals surface area contributed by atoms with E-state index in [-0.39, 0.29) is 0 Å². The Morgan fingerprint density at radius 2 is 0.695 bits per heavy atom. The van der Waals surface area contributed by atoms with Gasteiger partial charge in [0.15, 0.2) is 0 Å². The normalized spacial score (nSPS) is 11.8. The average molecular weight is 820 g/mol. The van der Waals surface area contributed by atoms with Crippen LogP contribution >= 0.6 is 15.9 Å². The van der Waals surface area contributed by atoms with Crippen LogP contribution in [0.2, 0.25) is 0 Å². The van der Waals surface area contributed by atoms with Gasteiger partial charge in [-0.1, -0.05) is 127 Å². The summed E-state index contributed by atoms with van der Waals surface area (Å²) < 4.78 is 8.54.